The Labute approximate surface area is 154 Å². The van der Waals surface area contributed by atoms with E-state index in [0.29, 0.717) is 35.0 Å². The number of para-hydroxylation sites is 1. The summed E-state index contributed by atoms with van der Waals surface area (Å²) in [6.45, 7) is 5.98. The van der Waals surface area contributed by atoms with Gasteiger partial charge in [0.1, 0.15) is 5.76 Å². The molecule has 0 spiro atoms. The molecule has 1 aliphatic carbocycles. The Bertz CT molecular complexity index is 1010. The van der Waals surface area contributed by atoms with Crippen molar-refractivity contribution in [3.05, 3.63) is 46.9 Å². The predicted molar refractivity (Wildman–Crippen MR) is 101 cm³/mol. The van der Waals surface area contributed by atoms with E-state index < -0.39 is 0 Å². The molecule has 0 fully saturated rings. The predicted octanol–water partition coefficient (Wildman–Crippen LogP) is 4.60. The highest BCUT2D eigenvalue weighted by Crippen LogP contribution is 2.39. The van der Waals surface area contributed by atoms with Gasteiger partial charge in [-0.2, -0.15) is 0 Å². The number of carbonyl (C=O) groups excluding carboxylic acids is 1. The minimum Gasteiger partial charge on any atom is -0.455 e. The van der Waals surface area contributed by atoms with Crippen molar-refractivity contribution in [3.8, 4) is 0 Å². The molecule has 134 valence electrons. The first-order chi connectivity index (χ1) is 12.4. The van der Waals surface area contributed by atoms with Crippen molar-refractivity contribution in [2.24, 2.45) is 10.6 Å². The van der Waals surface area contributed by atoms with Gasteiger partial charge < -0.3 is 9.62 Å². The van der Waals surface area contributed by atoms with Gasteiger partial charge in [0.05, 0.1) is 15.9 Å². The zero-order chi connectivity index (χ0) is 18.5. The van der Waals surface area contributed by atoms with Crippen LogP contribution in [0.4, 0.5) is 5.13 Å². The highest BCUT2D eigenvalue weighted by molar-refractivity contribution is 7.22. The molecule has 2 aromatic heterocycles. The summed E-state index contributed by atoms with van der Waals surface area (Å²) >= 11 is 1.42. The second-order valence-corrected chi connectivity index (χ2v) is 8.39. The molecule has 2 N–H and O–H groups in total. The molecule has 1 aliphatic rings. The van der Waals surface area contributed by atoms with Crippen molar-refractivity contribution in [1.82, 2.24) is 4.98 Å². The minimum absolute atomic E-state index is 0.0837. The Hall–Kier alpha value is -2.67. The molecule has 0 unspecified atom stereocenters. The fourth-order valence-electron chi connectivity index (χ4n) is 3.50. The van der Waals surface area contributed by atoms with Crippen LogP contribution in [0.3, 0.4) is 0 Å². The fourth-order valence-corrected chi connectivity index (χ4v) is 4.36. The molecular weight excluding hydrogens is 350 g/mol. The summed E-state index contributed by atoms with van der Waals surface area (Å²) in [4.78, 5) is 17.2. The Balaban J connectivity index is 1.68. The van der Waals surface area contributed by atoms with Gasteiger partial charge in [0, 0.05) is 17.5 Å². The van der Waals surface area contributed by atoms with Crippen LogP contribution in [0.25, 0.3) is 10.2 Å². The lowest BCUT2D eigenvalue weighted by Crippen LogP contribution is -2.27. The highest BCUT2D eigenvalue weighted by Gasteiger charge is 2.36. The largest absolute Gasteiger partial charge is 0.455 e. The third-order valence-corrected chi connectivity index (χ3v) is 5.59. The van der Waals surface area contributed by atoms with Crippen molar-refractivity contribution in [2.75, 3.05) is 5.32 Å². The Kier molecular flexibility index (Phi) is 3.84. The van der Waals surface area contributed by atoms with Crippen LogP contribution in [0.1, 0.15) is 47.7 Å². The second-order valence-electron chi connectivity index (χ2n) is 7.36. The summed E-state index contributed by atoms with van der Waals surface area (Å²) < 4.78 is 6.89. The topological polar surface area (TPSA) is 87.7 Å². The number of anilines is 1. The fraction of sp³-hybridized carbons (Fsp3) is 0.316. The van der Waals surface area contributed by atoms with Gasteiger partial charge in [0.2, 0.25) is 0 Å². The Morgan fingerprint density at radius 3 is 2.85 bits per heavy atom. The van der Waals surface area contributed by atoms with E-state index in [0.717, 1.165) is 15.8 Å². The molecule has 1 aromatic carbocycles. The quantitative estimate of drug-likeness (QED) is 0.510. The average molecular weight is 369 g/mol. The van der Waals surface area contributed by atoms with Crippen LogP contribution in [0.15, 0.2) is 33.8 Å². The highest BCUT2D eigenvalue weighted by atomic mass is 32.1. The van der Waals surface area contributed by atoms with E-state index >= 15 is 0 Å². The number of amides is 1. The normalized spacial score (nSPS) is 17.4. The van der Waals surface area contributed by atoms with Crippen LogP contribution in [-0.2, 0) is 6.42 Å². The molecule has 0 bridgehead atoms. The van der Waals surface area contributed by atoms with Gasteiger partial charge in [-0.1, -0.05) is 42.5 Å². The van der Waals surface area contributed by atoms with E-state index in [1.165, 1.54) is 11.3 Å². The number of furan rings is 1. The van der Waals surface area contributed by atoms with E-state index in [9.17, 15) is 10.0 Å². The van der Waals surface area contributed by atoms with Crippen LogP contribution >= 0.6 is 11.3 Å². The lowest BCUT2D eigenvalue weighted by atomic mass is 9.75. The molecule has 1 amide bonds. The molecule has 26 heavy (non-hydrogen) atoms. The molecule has 0 atom stereocenters. The molecule has 7 heteroatoms. The number of rotatable bonds is 2. The lowest BCUT2D eigenvalue weighted by Gasteiger charge is -2.28. The van der Waals surface area contributed by atoms with Gasteiger partial charge >= 0.3 is 0 Å². The lowest BCUT2D eigenvalue weighted by molar-refractivity contribution is 0.0993. The third-order valence-electron chi connectivity index (χ3n) is 4.63. The van der Waals surface area contributed by atoms with Gasteiger partial charge in [0.25, 0.3) is 5.91 Å². The molecule has 0 saturated carbocycles. The van der Waals surface area contributed by atoms with Crippen molar-refractivity contribution in [2.45, 2.75) is 33.6 Å². The van der Waals surface area contributed by atoms with E-state index in [1.54, 1.807) is 0 Å². The van der Waals surface area contributed by atoms with Crippen molar-refractivity contribution in [1.29, 1.82) is 0 Å². The van der Waals surface area contributed by atoms with Crippen LogP contribution in [0.5, 0.6) is 0 Å². The number of nitrogens with one attached hydrogen (secondary N) is 1. The molecule has 2 heterocycles. The summed E-state index contributed by atoms with van der Waals surface area (Å²) in [5, 5.41) is 16.2. The molecule has 4 rings (SSSR count). The van der Waals surface area contributed by atoms with Gasteiger partial charge in [-0.25, -0.2) is 4.98 Å². The summed E-state index contributed by atoms with van der Waals surface area (Å²) in [6.07, 6.45) is 1.33. The smallest absolute Gasteiger partial charge is 0.293 e. The zero-order valence-corrected chi connectivity index (χ0v) is 15.6. The minimum atomic E-state index is -0.342. The molecule has 0 radical (unpaired) electrons. The second kappa shape index (κ2) is 5.95. The maximum Gasteiger partial charge on any atom is 0.293 e. The molecule has 0 saturated heterocycles. The summed E-state index contributed by atoms with van der Waals surface area (Å²) in [6, 6.07) is 7.72. The maximum atomic E-state index is 12.7. The first kappa shape index (κ1) is 16.8. The SMILES string of the molecule is Cc1c(C(=O)Nc2nc3ccccc3s2)oc2c1C(=NO)CC(C)(C)C2. The van der Waals surface area contributed by atoms with Gasteiger partial charge in [0.15, 0.2) is 10.9 Å². The summed E-state index contributed by atoms with van der Waals surface area (Å²) in [5.74, 6) is 0.597. The number of benzene rings is 1. The first-order valence-electron chi connectivity index (χ1n) is 8.38. The summed E-state index contributed by atoms with van der Waals surface area (Å²) in [7, 11) is 0. The number of oxime groups is 1. The number of thiazole rings is 1. The van der Waals surface area contributed by atoms with Gasteiger partial charge in [-0.3, -0.25) is 10.1 Å². The van der Waals surface area contributed by atoms with Crippen molar-refractivity contribution in [3.63, 3.8) is 0 Å². The molecular formula is C19H19N3O3S. The Morgan fingerprint density at radius 1 is 1.35 bits per heavy atom. The van der Waals surface area contributed by atoms with E-state index in [-0.39, 0.29) is 17.1 Å². The van der Waals surface area contributed by atoms with Crippen molar-refractivity contribution >= 4 is 38.3 Å². The molecule has 6 nitrogen and oxygen atoms in total. The number of hydrogen-bond acceptors (Lipinski definition) is 6. The molecule has 0 aliphatic heterocycles. The van der Waals surface area contributed by atoms with E-state index in [4.69, 9.17) is 4.42 Å². The number of hydrogen-bond donors (Lipinski definition) is 2. The van der Waals surface area contributed by atoms with E-state index in [2.05, 4.69) is 29.3 Å². The zero-order valence-electron chi connectivity index (χ0n) is 14.8. The third kappa shape index (κ3) is 2.78. The molecule has 3 aromatic rings. The number of aromatic nitrogens is 1. The Morgan fingerprint density at radius 2 is 2.12 bits per heavy atom. The van der Waals surface area contributed by atoms with Crippen LogP contribution in [-0.4, -0.2) is 21.8 Å². The van der Waals surface area contributed by atoms with Gasteiger partial charge in [-0.05, 0) is 30.9 Å². The first-order valence-corrected chi connectivity index (χ1v) is 9.20. The van der Waals surface area contributed by atoms with Crippen LogP contribution in [0.2, 0.25) is 0 Å². The number of fused-ring (bicyclic) bond motifs is 2. The van der Waals surface area contributed by atoms with E-state index in [1.807, 2.05) is 31.2 Å². The maximum absolute atomic E-state index is 12.7. The average Bonchev–Trinajstić information content (AvgIpc) is 3.13. The number of carbonyl (C=O) groups is 1. The van der Waals surface area contributed by atoms with Crippen molar-refractivity contribution < 1.29 is 14.4 Å². The monoisotopic (exact) mass is 369 g/mol. The number of nitrogens with zero attached hydrogens (tertiary/aromatic N) is 2. The van der Waals surface area contributed by atoms with Crippen LogP contribution < -0.4 is 5.32 Å². The van der Waals surface area contributed by atoms with Crippen LogP contribution in [0, 0.1) is 12.3 Å². The van der Waals surface area contributed by atoms with Gasteiger partial charge in [-0.15, -0.1) is 0 Å². The standard InChI is InChI=1S/C19H19N3O3S/c1-10-15-12(22-24)8-19(2,3)9-13(15)25-16(10)17(23)21-18-20-11-6-4-5-7-14(11)26-18/h4-7,24H,8-9H2,1-3H3,(H,20,21,23). The summed E-state index contributed by atoms with van der Waals surface area (Å²) in [5.41, 5.74) is 2.78.